The van der Waals surface area contributed by atoms with Crippen LogP contribution in [0.3, 0.4) is 0 Å². The van der Waals surface area contributed by atoms with Crippen molar-refractivity contribution in [2.24, 2.45) is 11.8 Å². The summed E-state index contributed by atoms with van der Waals surface area (Å²) in [5, 5.41) is 3.44. The minimum atomic E-state index is 1.01. The molecule has 2 rings (SSSR count). The number of piperidine rings is 1. The molecule has 2 aliphatic heterocycles. The number of hydrogen-bond donors (Lipinski definition) is 1. The molecule has 70 valence electrons. The minimum Gasteiger partial charge on any atom is -0.317 e. The maximum atomic E-state index is 3.44. The molecule has 2 heteroatoms. The first-order chi connectivity index (χ1) is 5.86. The van der Waals surface area contributed by atoms with Gasteiger partial charge in [-0.15, -0.1) is 0 Å². The van der Waals surface area contributed by atoms with Gasteiger partial charge in [-0.2, -0.15) is 0 Å². The molecular formula is C10H20N2. The second kappa shape index (κ2) is 3.75. The fourth-order valence-electron chi connectivity index (χ4n) is 2.67. The Hall–Kier alpha value is -0.0800. The van der Waals surface area contributed by atoms with E-state index in [1.54, 1.807) is 0 Å². The lowest BCUT2D eigenvalue weighted by molar-refractivity contribution is 0.258. The highest BCUT2D eigenvalue weighted by Crippen LogP contribution is 2.29. The topological polar surface area (TPSA) is 15.3 Å². The van der Waals surface area contributed by atoms with Crippen molar-refractivity contribution in [1.29, 1.82) is 0 Å². The van der Waals surface area contributed by atoms with Gasteiger partial charge in [0.15, 0.2) is 0 Å². The molecule has 0 radical (unpaired) electrons. The SMILES string of the molecule is CN1CC[C@@H](C2CCNCC2)C1. The van der Waals surface area contributed by atoms with Crippen molar-refractivity contribution < 1.29 is 0 Å². The first kappa shape index (κ1) is 8.52. The Bertz CT molecular complexity index is 138. The van der Waals surface area contributed by atoms with Crippen molar-refractivity contribution in [2.75, 3.05) is 33.2 Å². The molecule has 2 heterocycles. The average molecular weight is 168 g/mol. The number of nitrogens with zero attached hydrogens (tertiary/aromatic N) is 1. The zero-order valence-corrected chi connectivity index (χ0v) is 8.05. The number of nitrogens with one attached hydrogen (secondary N) is 1. The molecule has 12 heavy (non-hydrogen) atoms. The Morgan fingerprint density at radius 2 is 1.83 bits per heavy atom. The first-order valence-electron chi connectivity index (χ1n) is 5.25. The summed E-state index contributed by atoms with van der Waals surface area (Å²) in [4.78, 5) is 2.48. The quantitative estimate of drug-likeness (QED) is 0.627. The van der Waals surface area contributed by atoms with Crippen molar-refractivity contribution in [3.63, 3.8) is 0 Å². The standard InChI is InChI=1S/C10H20N2/c1-12-7-4-10(8-12)9-2-5-11-6-3-9/h9-11H,2-8H2,1H3/t10-/m1/s1. The van der Waals surface area contributed by atoms with E-state index in [0.29, 0.717) is 0 Å². The van der Waals surface area contributed by atoms with E-state index >= 15 is 0 Å². The van der Waals surface area contributed by atoms with Crippen LogP contribution in [0.4, 0.5) is 0 Å². The molecule has 2 aliphatic rings. The highest BCUT2D eigenvalue weighted by atomic mass is 15.1. The van der Waals surface area contributed by atoms with E-state index in [2.05, 4.69) is 17.3 Å². The van der Waals surface area contributed by atoms with Crippen LogP contribution in [0.1, 0.15) is 19.3 Å². The molecule has 0 aromatic heterocycles. The summed E-state index contributed by atoms with van der Waals surface area (Å²) < 4.78 is 0. The molecule has 2 saturated heterocycles. The number of hydrogen-bond acceptors (Lipinski definition) is 2. The minimum absolute atomic E-state index is 1.01. The number of rotatable bonds is 1. The molecular weight excluding hydrogens is 148 g/mol. The van der Waals surface area contributed by atoms with Gasteiger partial charge in [-0.1, -0.05) is 0 Å². The van der Waals surface area contributed by atoms with Crippen LogP contribution in [0.2, 0.25) is 0 Å². The molecule has 1 atom stereocenters. The Morgan fingerprint density at radius 1 is 1.08 bits per heavy atom. The number of likely N-dealkylation sites (tertiary alicyclic amines) is 1. The summed E-state index contributed by atoms with van der Waals surface area (Å²) in [5.41, 5.74) is 0. The van der Waals surface area contributed by atoms with Crippen molar-refractivity contribution in [1.82, 2.24) is 10.2 Å². The summed E-state index contributed by atoms with van der Waals surface area (Å²) in [6, 6.07) is 0. The molecule has 0 aromatic carbocycles. The van der Waals surface area contributed by atoms with Gasteiger partial charge in [-0.3, -0.25) is 0 Å². The third-order valence-corrected chi connectivity index (χ3v) is 3.48. The van der Waals surface area contributed by atoms with Gasteiger partial charge in [0.2, 0.25) is 0 Å². The van der Waals surface area contributed by atoms with Crippen molar-refractivity contribution in [2.45, 2.75) is 19.3 Å². The van der Waals surface area contributed by atoms with Crippen molar-refractivity contribution >= 4 is 0 Å². The van der Waals surface area contributed by atoms with Gasteiger partial charge in [0.05, 0.1) is 0 Å². The first-order valence-corrected chi connectivity index (χ1v) is 5.25. The predicted octanol–water partition coefficient (Wildman–Crippen LogP) is 0.938. The van der Waals surface area contributed by atoms with E-state index in [1.165, 1.54) is 45.4 Å². The lowest BCUT2D eigenvalue weighted by Gasteiger charge is -2.27. The van der Waals surface area contributed by atoms with Gasteiger partial charge in [-0.25, -0.2) is 0 Å². The van der Waals surface area contributed by atoms with Crippen LogP contribution < -0.4 is 5.32 Å². The zero-order valence-electron chi connectivity index (χ0n) is 8.05. The van der Waals surface area contributed by atoms with Crippen LogP contribution in [-0.4, -0.2) is 38.1 Å². The second-order valence-corrected chi connectivity index (χ2v) is 4.40. The zero-order chi connectivity index (χ0) is 8.39. The van der Waals surface area contributed by atoms with E-state index in [-0.39, 0.29) is 0 Å². The highest BCUT2D eigenvalue weighted by molar-refractivity contribution is 4.82. The molecule has 0 amide bonds. The van der Waals surface area contributed by atoms with Crippen LogP contribution in [0.15, 0.2) is 0 Å². The van der Waals surface area contributed by atoms with Gasteiger partial charge in [0, 0.05) is 6.54 Å². The summed E-state index contributed by atoms with van der Waals surface area (Å²) in [7, 11) is 2.25. The van der Waals surface area contributed by atoms with Crippen LogP contribution in [-0.2, 0) is 0 Å². The summed E-state index contributed by atoms with van der Waals surface area (Å²) >= 11 is 0. The Balaban J connectivity index is 1.83. The van der Waals surface area contributed by atoms with E-state index < -0.39 is 0 Å². The summed E-state index contributed by atoms with van der Waals surface area (Å²) in [5.74, 6) is 2.04. The molecule has 2 fully saturated rings. The summed E-state index contributed by atoms with van der Waals surface area (Å²) in [6.45, 7) is 5.19. The third-order valence-electron chi connectivity index (χ3n) is 3.48. The van der Waals surface area contributed by atoms with Gasteiger partial charge in [-0.05, 0) is 57.8 Å². The molecule has 0 unspecified atom stereocenters. The fraction of sp³-hybridized carbons (Fsp3) is 1.00. The van der Waals surface area contributed by atoms with Crippen molar-refractivity contribution in [3.05, 3.63) is 0 Å². The van der Waals surface area contributed by atoms with Crippen LogP contribution in [0.25, 0.3) is 0 Å². The maximum absolute atomic E-state index is 3.44. The highest BCUT2D eigenvalue weighted by Gasteiger charge is 2.28. The van der Waals surface area contributed by atoms with Crippen LogP contribution in [0.5, 0.6) is 0 Å². The lowest BCUT2D eigenvalue weighted by Crippen LogP contribution is -2.32. The molecule has 0 saturated carbocycles. The van der Waals surface area contributed by atoms with Gasteiger partial charge >= 0.3 is 0 Å². The molecule has 1 N–H and O–H groups in total. The van der Waals surface area contributed by atoms with Gasteiger partial charge < -0.3 is 10.2 Å². The average Bonchev–Trinajstić information content (AvgIpc) is 2.54. The van der Waals surface area contributed by atoms with E-state index in [1.807, 2.05) is 0 Å². The molecule has 0 aliphatic carbocycles. The largest absolute Gasteiger partial charge is 0.317 e. The van der Waals surface area contributed by atoms with Gasteiger partial charge in [0.1, 0.15) is 0 Å². The van der Waals surface area contributed by atoms with E-state index in [4.69, 9.17) is 0 Å². The monoisotopic (exact) mass is 168 g/mol. The summed E-state index contributed by atoms with van der Waals surface area (Å²) in [6.07, 6.45) is 4.28. The van der Waals surface area contributed by atoms with Crippen LogP contribution in [0, 0.1) is 11.8 Å². The maximum Gasteiger partial charge on any atom is 0.000975 e. The molecule has 2 nitrogen and oxygen atoms in total. The Kier molecular flexibility index (Phi) is 2.66. The lowest BCUT2D eigenvalue weighted by atomic mass is 9.84. The Labute approximate surface area is 75.3 Å². The predicted molar refractivity (Wildman–Crippen MR) is 51.2 cm³/mol. The van der Waals surface area contributed by atoms with E-state index in [0.717, 1.165) is 11.8 Å². The molecule has 0 bridgehead atoms. The van der Waals surface area contributed by atoms with E-state index in [9.17, 15) is 0 Å². The van der Waals surface area contributed by atoms with Gasteiger partial charge in [0.25, 0.3) is 0 Å². The normalized spacial score (nSPS) is 34.2. The van der Waals surface area contributed by atoms with Crippen molar-refractivity contribution in [3.8, 4) is 0 Å². The van der Waals surface area contributed by atoms with Crippen LogP contribution >= 0.6 is 0 Å². The second-order valence-electron chi connectivity index (χ2n) is 4.40. The molecule has 0 aromatic rings. The molecule has 0 spiro atoms. The fourth-order valence-corrected chi connectivity index (χ4v) is 2.67. The third kappa shape index (κ3) is 1.80. The Morgan fingerprint density at radius 3 is 2.42 bits per heavy atom. The smallest absolute Gasteiger partial charge is 0.000975 e.